The van der Waals surface area contributed by atoms with E-state index in [1.807, 2.05) is 6.92 Å². The van der Waals surface area contributed by atoms with Gasteiger partial charge in [-0.25, -0.2) is 0 Å². The van der Waals surface area contributed by atoms with Gasteiger partial charge in [0.05, 0.1) is 12.0 Å². The molecule has 0 heterocycles. The Morgan fingerprint density at radius 2 is 2.24 bits per heavy atom. The predicted octanol–water partition coefficient (Wildman–Crippen LogP) is 1.43. The van der Waals surface area contributed by atoms with Crippen molar-refractivity contribution in [3.05, 3.63) is 28.3 Å². The number of carboxylic acid groups (broad SMARTS) is 1. The standard InChI is InChI=1S/C13H18N2O6/c1-3-6-14-10(13(16)17)8-21-12-7-9(20-2)4-5-11(12)15(18)19/h4-5,7,10,14H,3,6,8H2,1-2H3,(H,16,17). The summed E-state index contributed by atoms with van der Waals surface area (Å²) >= 11 is 0. The fourth-order valence-corrected chi connectivity index (χ4v) is 1.60. The lowest BCUT2D eigenvalue weighted by Gasteiger charge is -2.15. The van der Waals surface area contributed by atoms with Crippen molar-refractivity contribution in [2.24, 2.45) is 0 Å². The van der Waals surface area contributed by atoms with Crippen molar-refractivity contribution in [2.45, 2.75) is 19.4 Å². The van der Waals surface area contributed by atoms with Crippen LogP contribution in [0.2, 0.25) is 0 Å². The third-order valence-corrected chi connectivity index (χ3v) is 2.71. The maximum Gasteiger partial charge on any atom is 0.324 e. The van der Waals surface area contributed by atoms with Crippen molar-refractivity contribution in [3.8, 4) is 11.5 Å². The molecule has 1 atom stereocenters. The zero-order valence-corrected chi connectivity index (χ0v) is 11.9. The Morgan fingerprint density at radius 3 is 2.76 bits per heavy atom. The predicted molar refractivity (Wildman–Crippen MR) is 74.9 cm³/mol. The zero-order chi connectivity index (χ0) is 15.8. The molecule has 0 spiro atoms. The van der Waals surface area contributed by atoms with E-state index in [-0.39, 0.29) is 18.0 Å². The Labute approximate surface area is 121 Å². The maximum atomic E-state index is 11.1. The van der Waals surface area contributed by atoms with Gasteiger partial charge in [0.1, 0.15) is 18.4 Å². The summed E-state index contributed by atoms with van der Waals surface area (Å²) in [7, 11) is 1.42. The molecule has 1 aromatic rings. The van der Waals surface area contributed by atoms with Crippen LogP contribution in [-0.4, -0.2) is 42.3 Å². The molecular formula is C13H18N2O6. The third-order valence-electron chi connectivity index (χ3n) is 2.71. The second kappa shape index (κ2) is 8.05. The summed E-state index contributed by atoms with van der Waals surface area (Å²) in [5, 5.41) is 22.8. The lowest BCUT2D eigenvalue weighted by molar-refractivity contribution is -0.385. The van der Waals surface area contributed by atoms with Crippen molar-refractivity contribution in [1.82, 2.24) is 5.32 Å². The molecule has 21 heavy (non-hydrogen) atoms. The highest BCUT2D eigenvalue weighted by Crippen LogP contribution is 2.31. The normalized spacial score (nSPS) is 11.7. The third kappa shape index (κ3) is 4.92. The van der Waals surface area contributed by atoms with Crippen LogP contribution in [-0.2, 0) is 4.79 Å². The van der Waals surface area contributed by atoms with E-state index in [2.05, 4.69) is 5.32 Å². The number of ether oxygens (including phenoxy) is 2. The summed E-state index contributed by atoms with van der Waals surface area (Å²) in [6.07, 6.45) is 0.767. The molecule has 0 aliphatic heterocycles. The first-order valence-corrected chi connectivity index (χ1v) is 6.41. The van der Waals surface area contributed by atoms with Crippen molar-refractivity contribution in [2.75, 3.05) is 20.3 Å². The number of nitrogens with one attached hydrogen (secondary N) is 1. The number of aliphatic carboxylic acids is 1. The molecule has 2 N–H and O–H groups in total. The molecule has 0 bridgehead atoms. The van der Waals surface area contributed by atoms with E-state index >= 15 is 0 Å². The molecule has 1 unspecified atom stereocenters. The largest absolute Gasteiger partial charge is 0.497 e. The maximum absolute atomic E-state index is 11.1. The minimum atomic E-state index is -1.08. The SMILES string of the molecule is CCCNC(COc1cc(OC)ccc1[N+](=O)[O-])C(=O)O. The zero-order valence-electron chi connectivity index (χ0n) is 11.9. The van der Waals surface area contributed by atoms with Gasteiger partial charge in [0.2, 0.25) is 5.75 Å². The number of carboxylic acids is 1. The average molecular weight is 298 g/mol. The highest BCUT2D eigenvalue weighted by atomic mass is 16.6. The number of nitrogens with zero attached hydrogens (tertiary/aromatic N) is 1. The van der Waals surface area contributed by atoms with Crippen LogP contribution in [0.25, 0.3) is 0 Å². The van der Waals surface area contributed by atoms with Crippen molar-refractivity contribution in [3.63, 3.8) is 0 Å². The molecular weight excluding hydrogens is 280 g/mol. The molecule has 0 aliphatic rings. The molecule has 0 saturated carbocycles. The molecule has 0 fully saturated rings. The van der Waals surface area contributed by atoms with Gasteiger partial charge < -0.3 is 19.9 Å². The van der Waals surface area contributed by atoms with E-state index in [9.17, 15) is 14.9 Å². The van der Waals surface area contributed by atoms with Gasteiger partial charge in [-0.15, -0.1) is 0 Å². The van der Waals surface area contributed by atoms with Gasteiger partial charge in [-0.2, -0.15) is 0 Å². The van der Waals surface area contributed by atoms with Crippen LogP contribution in [0.3, 0.4) is 0 Å². The summed E-state index contributed by atoms with van der Waals surface area (Å²) in [6, 6.07) is 3.12. The summed E-state index contributed by atoms with van der Waals surface area (Å²) in [5.41, 5.74) is -0.240. The van der Waals surface area contributed by atoms with Gasteiger partial charge in [0.25, 0.3) is 0 Å². The minimum absolute atomic E-state index is 0.0242. The molecule has 0 aromatic heterocycles. The topological polar surface area (TPSA) is 111 Å². The smallest absolute Gasteiger partial charge is 0.324 e. The first kappa shape index (κ1) is 16.7. The Morgan fingerprint density at radius 1 is 1.52 bits per heavy atom. The molecule has 116 valence electrons. The molecule has 8 nitrogen and oxygen atoms in total. The fraction of sp³-hybridized carbons (Fsp3) is 0.462. The number of benzene rings is 1. The van der Waals surface area contributed by atoms with Gasteiger partial charge in [-0.1, -0.05) is 6.92 Å². The number of nitro benzene ring substituents is 1. The number of hydrogen-bond acceptors (Lipinski definition) is 6. The Kier molecular flexibility index (Phi) is 6.41. The van der Waals surface area contributed by atoms with Crippen LogP contribution in [0, 0.1) is 10.1 Å². The Balaban J connectivity index is 2.84. The van der Waals surface area contributed by atoms with E-state index in [0.29, 0.717) is 12.3 Å². The Hall–Kier alpha value is -2.35. The van der Waals surface area contributed by atoms with E-state index in [4.69, 9.17) is 14.6 Å². The van der Waals surface area contributed by atoms with Gasteiger partial charge >= 0.3 is 11.7 Å². The second-order valence-electron chi connectivity index (χ2n) is 4.25. The number of rotatable bonds is 9. The van der Waals surface area contributed by atoms with Gasteiger partial charge in [0, 0.05) is 12.1 Å². The van der Waals surface area contributed by atoms with Crippen LogP contribution in [0.4, 0.5) is 5.69 Å². The van der Waals surface area contributed by atoms with Crippen LogP contribution in [0.5, 0.6) is 11.5 Å². The first-order chi connectivity index (χ1) is 9.99. The Bertz CT molecular complexity index is 505. The van der Waals surface area contributed by atoms with Crippen molar-refractivity contribution in [1.29, 1.82) is 0 Å². The highest BCUT2D eigenvalue weighted by Gasteiger charge is 2.21. The quantitative estimate of drug-likeness (QED) is 0.524. The molecule has 0 radical (unpaired) electrons. The number of methoxy groups -OCH3 is 1. The van der Waals surface area contributed by atoms with E-state index in [1.54, 1.807) is 0 Å². The lowest BCUT2D eigenvalue weighted by Crippen LogP contribution is -2.41. The molecule has 8 heteroatoms. The molecule has 1 rings (SSSR count). The van der Waals surface area contributed by atoms with E-state index in [1.165, 1.54) is 25.3 Å². The van der Waals surface area contributed by atoms with Gasteiger partial charge in [-0.3, -0.25) is 14.9 Å². The highest BCUT2D eigenvalue weighted by molar-refractivity contribution is 5.73. The van der Waals surface area contributed by atoms with Gasteiger partial charge in [-0.05, 0) is 19.0 Å². The summed E-state index contributed by atoms with van der Waals surface area (Å²) < 4.78 is 10.3. The van der Waals surface area contributed by atoms with Crippen LogP contribution in [0.15, 0.2) is 18.2 Å². The van der Waals surface area contributed by atoms with Crippen molar-refractivity contribution >= 4 is 11.7 Å². The molecule has 0 amide bonds. The number of hydrogen-bond donors (Lipinski definition) is 2. The summed E-state index contributed by atoms with van der Waals surface area (Å²) in [5.74, 6) is -0.707. The van der Waals surface area contributed by atoms with Crippen LogP contribution >= 0.6 is 0 Å². The molecule has 0 aliphatic carbocycles. The fourth-order valence-electron chi connectivity index (χ4n) is 1.60. The molecule has 0 saturated heterocycles. The number of carbonyl (C=O) groups is 1. The second-order valence-corrected chi connectivity index (χ2v) is 4.25. The van der Waals surface area contributed by atoms with Crippen LogP contribution < -0.4 is 14.8 Å². The monoisotopic (exact) mass is 298 g/mol. The summed E-state index contributed by atoms with van der Waals surface area (Å²) in [6.45, 7) is 2.20. The minimum Gasteiger partial charge on any atom is -0.497 e. The van der Waals surface area contributed by atoms with Gasteiger partial charge in [0.15, 0.2) is 0 Å². The van der Waals surface area contributed by atoms with E-state index in [0.717, 1.165) is 6.42 Å². The molecule has 1 aromatic carbocycles. The van der Waals surface area contributed by atoms with Crippen molar-refractivity contribution < 1.29 is 24.3 Å². The van der Waals surface area contributed by atoms with Crippen LogP contribution in [0.1, 0.15) is 13.3 Å². The lowest BCUT2D eigenvalue weighted by atomic mass is 10.2. The number of nitro groups is 1. The average Bonchev–Trinajstić information content (AvgIpc) is 2.46. The first-order valence-electron chi connectivity index (χ1n) is 6.41. The summed E-state index contributed by atoms with van der Waals surface area (Å²) in [4.78, 5) is 21.4. The van der Waals surface area contributed by atoms with E-state index < -0.39 is 16.9 Å².